The molecule has 2 aromatic rings. The largest absolute Gasteiger partial charge is 0.436 e. The first kappa shape index (κ1) is 16.4. The minimum Gasteiger partial charge on any atom is -0.436 e. The molecule has 0 aliphatic carbocycles. The number of nitrogens with one attached hydrogen (secondary N) is 1. The van der Waals surface area contributed by atoms with Gasteiger partial charge in [-0.15, -0.1) is 0 Å². The van der Waals surface area contributed by atoms with Crippen molar-refractivity contribution in [2.24, 2.45) is 0 Å². The number of amides is 1. The number of benzene rings is 1. The van der Waals surface area contributed by atoms with Gasteiger partial charge in [-0.05, 0) is 18.2 Å². The summed E-state index contributed by atoms with van der Waals surface area (Å²) < 4.78 is 42.6. The summed E-state index contributed by atoms with van der Waals surface area (Å²) in [5.74, 6) is -0.0834. The van der Waals surface area contributed by atoms with Crippen molar-refractivity contribution >= 4 is 35.3 Å². The average molecular weight is 351 g/mol. The van der Waals surface area contributed by atoms with Crippen LogP contribution in [0.2, 0.25) is 10.0 Å². The normalized spacial score (nSPS) is 11.1. The fourth-order valence-electron chi connectivity index (χ4n) is 1.52. The Bertz CT molecular complexity index is 668. The molecule has 1 N–H and O–H groups in total. The van der Waals surface area contributed by atoms with Gasteiger partial charge < -0.3 is 10.1 Å². The van der Waals surface area contributed by atoms with Gasteiger partial charge in [0, 0.05) is 18.0 Å². The number of aromatic nitrogens is 1. The predicted octanol–water partition coefficient (Wildman–Crippen LogP) is 4.77. The van der Waals surface area contributed by atoms with Crippen LogP contribution < -0.4 is 10.1 Å². The van der Waals surface area contributed by atoms with Gasteiger partial charge in [0.15, 0.2) is 5.75 Å². The lowest BCUT2D eigenvalue weighted by Gasteiger charge is -2.11. The summed E-state index contributed by atoms with van der Waals surface area (Å²) in [7, 11) is 0. The number of anilines is 1. The van der Waals surface area contributed by atoms with Crippen LogP contribution in [0.25, 0.3) is 0 Å². The number of halogens is 5. The summed E-state index contributed by atoms with van der Waals surface area (Å²) >= 11 is 11.9. The minimum absolute atomic E-state index is 0.0204. The fraction of sp³-hybridized carbons (Fsp3) is 0.0769. The van der Waals surface area contributed by atoms with Crippen LogP contribution in [0.3, 0.4) is 0 Å². The predicted molar refractivity (Wildman–Crippen MR) is 75.5 cm³/mol. The highest BCUT2D eigenvalue weighted by Gasteiger charge is 2.30. The summed E-state index contributed by atoms with van der Waals surface area (Å²) in [6.07, 6.45) is -3.40. The number of rotatable bonds is 4. The van der Waals surface area contributed by atoms with Crippen molar-refractivity contribution in [2.45, 2.75) is 6.18 Å². The molecule has 0 bridgehead atoms. The molecule has 1 amide bonds. The van der Waals surface area contributed by atoms with Gasteiger partial charge in [0.25, 0.3) is 0 Å². The van der Waals surface area contributed by atoms with Crippen LogP contribution in [0, 0.1) is 0 Å². The van der Waals surface area contributed by atoms with Gasteiger partial charge in [-0.1, -0.05) is 23.2 Å². The SMILES string of the molecule is O=CNc1cc(Cl)c(Oc2ccc(C(F)(F)F)cn2)c(Cl)c1. The Hall–Kier alpha value is -1.99. The molecule has 4 nitrogen and oxygen atoms in total. The molecule has 9 heteroatoms. The van der Waals surface area contributed by atoms with E-state index in [0.717, 1.165) is 12.1 Å². The molecule has 116 valence electrons. The van der Waals surface area contributed by atoms with Crippen LogP contribution in [0.4, 0.5) is 18.9 Å². The zero-order valence-corrected chi connectivity index (χ0v) is 12.1. The molecule has 1 aromatic heterocycles. The van der Waals surface area contributed by atoms with Crippen molar-refractivity contribution < 1.29 is 22.7 Å². The number of alkyl halides is 3. The van der Waals surface area contributed by atoms with Gasteiger partial charge in [0.05, 0.1) is 15.6 Å². The lowest BCUT2D eigenvalue weighted by molar-refractivity contribution is -0.137. The molecule has 1 heterocycles. The van der Waals surface area contributed by atoms with E-state index in [9.17, 15) is 18.0 Å². The molecule has 0 aliphatic rings. The van der Waals surface area contributed by atoms with Crippen LogP contribution in [0.15, 0.2) is 30.5 Å². The number of carbonyl (C=O) groups is 1. The molecule has 0 unspecified atom stereocenters. The lowest BCUT2D eigenvalue weighted by atomic mass is 10.3. The second-order valence-corrected chi connectivity index (χ2v) is 4.83. The van der Waals surface area contributed by atoms with Gasteiger partial charge >= 0.3 is 6.18 Å². The van der Waals surface area contributed by atoms with Gasteiger partial charge in [0.1, 0.15) is 0 Å². The highest BCUT2D eigenvalue weighted by atomic mass is 35.5. The lowest BCUT2D eigenvalue weighted by Crippen LogP contribution is -2.05. The highest BCUT2D eigenvalue weighted by Crippen LogP contribution is 2.38. The summed E-state index contributed by atoms with van der Waals surface area (Å²) in [5, 5.41) is 2.49. The topological polar surface area (TPSA) is 51.2 Å². The molecule has 0 saturated carbocycles. The van der Waals surface area contributed by atoms with Crippen LogP contribution in [0.1, 0.15) is 5.56 Å². The van der Waals surface area contributed by atoms with E-state index < -0.39 is 11.7 Å². The van der Waals surface area contributed by atoms with E-state index in [1.165, 1.54) is 12.1 Å². The van der Waals surface area contributed by atoms with Crippen LogP contribution in [-0.4, -0.2) is 11.4 Å². The van der Waals surface area contributed by atoms with E-state index in [0.29, 0.717) is 18.3 Å². The Morgan fingerprint density at radius 1 is 1.18 bits per heavy atom. The van der Waals surface area contributed by atoms with E-state index >= 15 is 0 Å². The number of ether oxygens (including phenoxy) is 1. The second kappa shape index (κ2) is 6.41. The number of hydrogen-bond acceptors (Lipinski definition) is 3. The molecular formula is C13H7Cl2F3N2O2. The monoisotopic (exact) mass is 350 g/mol. The Kier molecular flexibility index (Phi) is 4.77. The molecular weight excluding hydrogens is 344 g/mol. The smallest absolute Gasteiger partial charge is 0.417 e. The first-order valence-corrected chi connectivity index (χ1v) is 6.47. The Balaban J connectivity index is 2.25. The third-order valence-corrected chi connectivity index (χ3v) is 3.06. The van der Waals surface area contributed by atoms with E-state index in [2.05, 4.69) is 10.3 Å². The number of nitrogens with zero attached hydrogens (tertiary/aromatic N) is 1. The van der Waals surface area contributed by atoms with Gasteiger partial charge in [-0.2, -0.15) is 13.2 Å². The Labute approximate surface area is 132 Å². The summed E-state index contributed by atoms with van der Waals surface area (Å²) in [6, 6.07) is 4.63. The van der Waals surface area contributed by atoms with Crippen LogP contribution >= 0.6 is 23.2 Å². The standard InChI is InChI=1S/C13H7Cl2F3N2O2/c14-9-3-8(20-6-21)4-10(15)12(9)22-11-2-1-7(5-19-11)13(16,17)18/h1-6H,(H,20,21). The van der Waals surface area contributed by atoms with Crippen LogP contribution in [-0.2, 0) is 11.0 Å². The third-order valence-electron chi connectivity index (χ3n) is 2.49. The Morgan fingerprint density at radius 3 is 2.27 bits per heavy atom. The summed E-state index contributed by atoms with van der Waals surface area (Å²) in [4.78, 5) is 13.9. The number of hydrogen-bond donors (Lipinski definition) is 1. The van der Waals surface area contributed by atoms with Crippen molar-refractivity contribution in [3.8, 4) is 11.6 Å². The molecule has 0 saturated heterocycles. The van der Waals surface area contributed by atoms with Crippen molar-refractivity contribution in [2.75, 3.05) is 5.32 Å². The second-order valence-electron chi connectivity index (χ2n) is 4.02. The Morgan fingerprint density at radius 2 is 1.82 bits per heavy atom. The molecule has 2 rings (SSSR count). The third kappa shape index (κ3) is 3.80. The van der Waals surface area contributed by atoms with Crippen molar-refractivity contribution in [3.05, 3.63) is 46.1 Å². The van der Waals surface area contributed by atoms with Crippen molar-refractivity contribution in [1.82, 2.24) is 4.98 Å². The minimum atomic E-state index is -4.48. The van der Waals surface area contributed by atoms with Crippen molar-refractivity contribution in [3.63, 3.8) is 0 Å². The fourth-order valence-corrected chi connectivity index (χ4v) is 2.09. The summed E-state index contributed by atoms with van der Waals surface area (Å²) in [5.41, 5.74) is -0.555. The molecule has 22 heavy (non-hydrogen) atoms. The number of carbonyl (C=O) groups excluding carboxylic acids is 1. The van der Waals surface area contributed by atoms with E-state index in [1.54, 1.807) is 0 Å². The molecule has 1 aromatic carbocycles. The molecule has 0 radical (unpaired) electrons. The zero-order valence-electron chi connectivity index (χ0n) is 10.6. The van der Waals surface area contributed by atoms with E-state index in [1.807, 2.05) is 0 Å². The van der Waals surface area contributed by atoms with Crippen LogP contribution in [0.5, 0.6) is 11.6 Å². The maximum Gasteiger partial charge on any atom is 0.417 e. The van der Waals surface area contributed by atoms with E-state index in [-0.39, 0.29) is 21.7 Å². The average Bonchev–Trinajstić information content (AvgIpc) is 2.43. The quantitative estimate of drug-likeness (QED) is 0.808. The maximum atomic E-state index is 12.4. The molecule has 0 aliphatic heterocycles. The first-order valence-electron chi connectivity index (χ1n) is 5.71. The molecule has 0 spiro atoms. The first-order chi connectivity index (χ1) is 10.3. The van der Waals surface area contributed by atoms with Gasteiger partial charge in [0.2, 0.25) is 12.3 Å². The van der Waals surface area contributed by atoms with Gasteiger partial charge in [-0.25, -0.2) is 4.98 Å². The number of pyridine rings is 1. The zero-order chi connectivity index (χ0) is 16.3. The maximum absolute atomic E-state index is 12.4. The summed E-state index contributed by atoms with van der Waals surface area (Å²) in [6.45, 7) is 0. The molecule has 0 atom stereocenters. The van der Waals surface area contributed by atoms with Gasteiger partial charge in [-0.3, -0.25) is 4.79 Å². The highest BCUT2D eigenvalue weighted by molar-refractivity contribution is 6.37. The van der Waals surface area contributed by atoms with Crippen molar-refractivity contribution in [1.29, 1.82) is 0 Å². The molecule has 0 fully saturated rings. The van der Waals surface area contributed by atoms with E-state index in [4.69, 9.17) is 27.9 Å².